The third-order valence-electron chi connectivity index (χ3n) is 6.42. The highest BCUT2D eigenvalue weighted by Crippen LogP contribution is 2.35. The van der Waals surface area contributed by atoms with Gasteiger partial charge in [0.05, 0.1) is 32.0 Å². The van der Waals surface area contributed by atoms with Crippen LogP contribution in [-0.4, -0.2) is 43.7 Å². The van der Waals surface area contributed by atoms with Crippen molar-refractivity contribution in [3.05, 3.63) is 48.0 Å². The van der Waals surface area contributed by atoms with Crippen LogP contribution in [0.15, 0.2) is 42.5 Å². The lowest BCUT2D eigenvalue weighted by Crippen LogP contribution is -2.50. The second-order valence-electron chi connectivity index (χ2n) is 8.76. The summed E-state index contributed by atoms with van der Waals surface area (Å²) >= 11 is 0. The van der Waals surface area contributed by atoms with Gasteiger partial charge in [-0.25, -0.2) is 4.39 Å². The molecule has 1 aromatic carbocycles. The first-order valence-electron chi connectivity index (χ1n) is 11.9. The highest BCUT2D eigenvalue weighted by molar-refractivity contribution is 5.75. The van der Waals surface area contributed by atoms with Gasteiger partial charge in [0.2, 0.25) is 5.91 Å². The highest BCUT2D eigenvalue weighted by atomic mass is 19.1. The number of hydrogen-bond donors (Lipinski definition) is 1. The first kappa shape index (κ1) is 26.5. The Morgan fingerprint density at radius 2 is 1.88 bits per heavy atom. The van der Waals surface area contributed by atoms with E-state index >= 15 is 0 Å². The van der Waals surface area contributed by atoms with Gasteiger partial charge in [-0.3, -0.25) is 4.79 Å². The maximum absolute atomic E-state index is 14.7. The third kappa shape index (κ3) is 7.98. The van der Waals surface area contributed by atoms with Crippen LogP contribution in [0, 0.1) is 17.8 Å². The van der Waals surface area contributed by atoms with E-state index in [1.807, 2.05) is 37.3 Å². The molecule has 1 aliphatic rings. The molecule has 1 saturated heterocycles. The summed E-state index contributed by atoms with van der Waals surface area (Å²) < 4.78 is 32.9. The van der Waals surface area contributed by atoms with Crippen molar-refractivity contribution in [2.45, 2.75) is 78.7 Å². The fourth-order valence-electron chi connectivity index (χ4n) is 3.86. The molecule has 1 amide bonds. The zero-order valence-corrected chi connectivity index (χ0v) is 20.1. The minimum atomic E-state index is -1.31. The molecule has 0 spiro atoms. The Balaban J connectivity index is 1.96. The molecule has 5 nitrogen and oxygen atoms in total. The van der Waals surface area contributed by atoms with Crippen LogP contribution in [0.25, 0.3) is 0 Å². The Morgan fingerprint density at radius 3 is 2.53 bits per heavy atom. The van der Waals surface area contributed by atoms with E-state index in [2.05, 4.69) is 26.1 Å². The fourth-order valence-corrected chi connectivity index (χ4v) is 3.86. The van der Waals surface area contributed by atoms with Crippen molar-refractivity contribution in [3.8, 4) is 0 Å². The molecule has 1 aromatic rings. The van der Waals surface area contributed by atoms with E-state index in [0.29, 0.717) is 31.5 Å². The summed E-state index contributed by atoms with van der Waals surface area (Å²) in [7, 11) is 0. The lowest BCUT2D eigenvalue weighted by Gasteiger charge is -2.43. The Hall–Kier alpha value is -1.76. The van der Waals surface area contributed by atoms with Gasteiger partial charge in [0.25, 0.3) is 0 Å². The molecule has 1 N–H and O–H groups in total. The highest BCUT2D eigenvalue weighted by Gasteiger charge is 2.40. The number of hydrogen-bond acceptors (Lipinski definition) is 4. The van der Waals surface area contributed by atoms with E-state index in [9.17, 15) is 9.18 Å². The van der Waals surface area contributed by atoms with Gasteiger partial charge in [0, 0.05) is 12.3 Å². The van der Waals surface area contributed by atoms with Gasteiger partial charge in [-0.2, -0.15) is 0 Å². The molecule has 2 rings (SSSR count). The fraction of sp³-hybridized carbons (Fsp3) is 0.654. The maximum atomic E-state index is 14.7. The van der Waals surface area contributed by atoms with Gasteiger partial charge in [-0.1, -0.05) is 77.1 Å². The summed E-state index contributed by atoms with van der Waals surface area (Å²) in [5.74, 6) is 0.599. The first-order valence-corrected chi connectivity index (χ1v) is 11.9. The second kappa shape index (κ2) is 13.7. The molecular weight excluding hydrogens is 409 g/mol. The Bertz CT molecular complexity index is 698. The first-order chi connectivity index (χ1) is 15.4. The average Bonchev–Trinajstić information content (AvgIpc) is 2.81. The largest absolute Gasteiger partial charge is 0.374 e. The molecule has 0 bridgehead atoms. The molecule has 180 valence electrons. The second-order valence-corrected chi connectivity index (χ2v) is 8.76. The number of rotatable bonds is 12. The zero-order chi connectivity index (χ0) is 23.5. The van der Waals surface area contributed by atoms with Crippen LogP contribution in [0.1, 0.15) is 53.0 Å². The van der Waals surface area contributed by atoms with E-state index in [1.54, 1.807) is 13.0 Å². The number of benzene rings is 1. The van der Waals surface area contributed by atoms with Crippen molar-refractivity contribution in [1.29, 1.82) is 0 Å². The summed E-state index contributed by atoms with van der Waals surface area (Å²) in [5.41, 5.74) is 1.12. The molecular formula is C26H40FNO4. The van der Waals surface area contributed by atoms with E-state index in [1.165, 1.54) is 6.08 Å². The van der Waals surface area contributed by atoms with E-state index in [-0.39, 0.29) is 24.5 Å². The summed E-state index contributed by atoms with van der Waals surface area (Å²) in [6.45, 7) is 11.2. The normalized spacial score (nSPS) is 27.9. The Kier molecular flexibility index (Phi) is 11.4. The van der Waals surface area contributed by atoms with Crippen molar-refractivity contribution >= 4 is 5.91 Å². The number of amides is 1. The molecule has 0 saturated carbocycles. The van der Waals surface area contributed by atoms with Gasteiger partial charge in [0.1, 0.15) is 6.17 Å². The van der Waals surface area contributed by atoms with Crippen LogP contribution < -0.4 is 5.32 Å². The lowest BCUT2D eigenvalue weighted by atomic mass is 9.79. The standard InChI is InChI=1S/C26H40FNO4/c1-6-8-14-22(27)23(28-25(29)7-2)16-31-26-20(5)18(3)19(4)24(32-26)17-30-15-21-12-10-9-11-13-21/h8-14,18-20,22-24,26H,6-7,15-17H2,1-5H3,(H,28,29)/b14-8+/t18-,19+,20?,22+,23-,24?,26+/m0/s1. The van der Waals surface area contributed by atoms with Crippen molar-refractivity contribution in [3.63, 3.8) is 0 Å². The van der Waals surface area contributed by atoms with Crippen LogP contribution in [0.3, 0.4) is 0 Å². The van der Waals surface area contributed by atoms with Crippen molar-refractivity contribution < 1.29 is 23.4 Å². The van der Waals surface area contributed by atoms with Gasteiger partial charge >= 0.3 is 0 Å². The monoisotopic (exact) mass is 449 g/mol. The summed E-state index contributed by atoms with van der Waals surface area (Å²) in [5, 5.41) is 2.74. The minimum Gasteiger partial charge on any atom is -0.374 e. The SMILES string of the molecule is CC/C=C/[C@@H](F)[C@H](CO[C@@H]1OC(COCc2ccccc2)[C@H](C)[C@H](C)C1C)NC(=O)CC. The van der Waals surface area contributed by atoms with E-state index in [0.717, 1.165) is 12.0 Å². The number of carbonyl (C=O) groups is 1. The average molecular weight is 450 g/mol. The molecule has 1 heterocycles. The molecule has 0 radical (unpaired) electrons. The van der Waals surface area contributed by atoms with Crippen LogP contribution in [0.5, 0.6) is 0 Å². The van der Waals surface area contributed by atoms with Crippen LogP contribution in [0.2, 0.25) is 0 Å². The molecule has 0 aromatic heterocycles. The Labute approximate surface area is 192 Å². The van der Waals surface area contributed by atoms with Crippen LogP contribution >= 0.6 is 0 Å². The smallest absolute Gasteiger partial charge is 0.220 e. The Morgan fingerprint density at radius 1 is 1.16 bits per heavy atom. The number of carbonyl (C=O) groups excluding carboxylic acids is 1. The molecule has 0 aliphatic carbocycles. The molecule has 6 heteroatoms. The minimum absolute atomic E-state index is 0.0503. The van der Waals surface area contributed by atoms with Gasteiger partial charge in [0.15, 0.2) is 6.29 Å². The summed E-state index contributed by atoms with van der Waals surface area (Å²) in [4.78, 5) is 11.9. The zero-order valence-electron chi connectivity index (χ0n) is 20.1. The molecule has 1 aliphatic heterocycles. The maximum Gasteiger partial charge on any atom is 0.220 e. The van der Waals surface area contributed by atoms with Crippen molar-refractivity contribution in [2.24, 2.45) is 17.8 Å². The topological polar surface area (TPSA) is 56.8 Å². The summed E-state index contributed by atoms with van der Waals surface area (Å²) in [6, 6.07) is 9.29. The van der Waals surface area contributed by atoms with Crippen LogP contribution in [-0.2, 0) is 25.6 Å². The number of ether oxygens (including phenoxy) is 3. The van der Waals surface area contributed by atoms with Gasteiger partial charge in [-0.15, -0.1) is 0 Å². The van der Waals surface area contributed by atoms with E-state index in [4.69, 9.17) is 14.2 Å². The number of allylic oxidation sites excluding steroid dienone is 1. The van der Waals surface area contributed by atoms with Crippen LogP contribution in [0.4, 0.5) is 4.39 Å². The lowest BCUT2D eigenvalue weighted by molar-refractivity contribution is -0.259. The number of nitrogens with one attached hydrogen (secondary N) is 1. The predicted molar refractivity (Wildman–Crippen MR) is 125 cm³/mol. The third-order valence-corrected chi connectivity index (χ3v) is 6.42. The molecule has 2 unspecified atom stereocenters. The van der Waals surface area contributed by atoms with Gasteiger partial charge in [-0.05, 0) is 23.8 Å². The van der Waals surface area contributed by atoms with E-state index < -0.39 is 18.5 Å². The van der Waals surface area contributed by atoms with Gasteiger partial charge < -0.3 is 19.5 Å². The summed E-state index contributed by atoms with van der Waals surface area (Å²) in [6.07, 6.45) is 2.38. The quantitative estimate of drug-likeness (QED) is 0.454. The molecule has 1 fully saturated rings. The number of halogens is 1. The van der Waals surface area contributed by atoms with Crippen molar-refractivity contribution in [1.82, 2.24) is 5.32 Å². The number of alkyl halides is 1. The molecule has 32 heavy (non-hydrogen) atoms. The molecule has 7 atom stereocenters. The predicted octanol–water partition coefficient (Wildman–Crippen LogP) is 5.05. The van der Waals surface area contributed by atoms with Crippen molar-refractivity contribution in [2.75, 3.05) is 13.2 Å².